The number of carbonyl (C=O) groups excluding carboxylic acids is 1. The van der Waals surface area contributed by atoms with E-state index in [9.17, 15) is 14.9 Å². The number of ether oxygens (including phenoxy) is 1. The number of H-pyrrole nitrogens is 1. The Hall–Kier alpha value is -2.82. The third kappa shape index (κ3) is 2.54. The lowest BCUT2D eigenvalue weighted by Gasteiger charge is -2.31. The number of hydrogen-bond acceptors (Lipinski definition) is 5. The van der Waals surface area contributed by atoms with Gasteiger partial charge in [-0.2, -0.15) is 5.26 Å². The molecule has 0 bridgehead atoms. The van der Waals surface area contributed by atoms with E-state index in [4.69, 9.17) is 4.74 Å². The second-order valence-electron chi connectivity index (χ2n) is 6.42. The van der Waals surface area contributed by atoms with Crippen LogP contribution in [-0.4, -0.2) is 37.7 Å². The summed E-state index contributed by atoms with van der Waals surface area (Å²) >= 11 is 0. The highest BCUT2D eigenvalue weighted by atomic mass is 16.6. The van der Waals surface area contributed by atoms with Crippen LogP contribution in [0.1, 0.15) is 32.0 Å². The quantitative estimate of drug-likeness (QED) is 0.790. The van der Waals surface area contributed by atoms with Crippen molar-refractivity contribution in [2.45, 2.75) is 39.5 Å². The smallest absolute Gasteiger partial charge is 0.410 e. The van der Waals surface area contributed by atoms with Gasteiger partial charge < -0.3 is 19.2 Å². The minimum atomic E-state index is -0.585. The molecule has 0 saturated heterocycles. The van der Waals surface area contributed by atoms with Crippen molar-refractivity contribution in [3.63, 3.8) is 0 Å². The average Bonchev–Trinajstić information content (AvgIpc) is 2.79. The molecule has 0 unspecified atom stereocenters. The molecule has 0 aromatic carbocycles. The summed E-state index contributed by atoms with van der Waals surface area (Å²) in [6.45, 7) is 6.45. The Labute approximate surface area is 132 Å². The van der Waals surface area contributed by atoms with Gasteiger partial charge in [0.2, 0.25) is 0 Å². The molecule has 1 aliphatic heterocycles. The van der Waals surface area contributed by atoms with Gasteiger partial charge in [-0.25, -0.2) is 9.78 Å². The van der Waals surface area contributed by atoms with Crippen molar-refractivity contribution in [2.75, 3.05) is 6.54 Å². The van der Waals surface area contributed by atoms with Crippen LogP contribution in [0.5, 0.6) is 0 Å². The zero-order valence-corrected chi connectivity index (χ0v) is 13.2. The van der Waals surface area contributed by atoms with Crippen LogP contribution < -0.4 is 5.56 Å². The first-order chi connectivity index (χ1) is 10.8. The fourth-order valence-corrected chi connectivity index (χ4v) is 2.72. The summed E-state index contributed by atoms with van der Waals surface area (Å²) in [6, 6.07) is 2.10. The van der Waals surface area contributed by atoms with E-state index in [0.717, 1.165) is 0 Å². The van der Waals surface area contributed by atoms with Crippen LogP contribution in [-0.2, 0) is 17.8 Å². The van der Waals surface area contributed by atoms with Gasteiger partial charge in [-0.3, -0.25) is 4.79 Å². The molecule has 8 heteroatoms. The molecular weight excluding hydrogens is 298 g/mol. The Bertz CT molecular complexity index is 881. The van der Waals surface area contributed by atoms with Crippen molar-refractivity contribution in [3.8, 4) is 6.07 Å². The molecule has 23 heavy (non-hydrogen) atoms. The van der Waals surface area contributed by atoms with Gasteiger partial charge in [0, 0.05) is 13.1 Å². The van der Waals surface area contributed by atoms with Crippen molar-refractivity contribution in [3.05, 3.63) is 27.9 Å². The Morgan fingerprint density at radius 3 is 2.83 bits per heavy atom. The van der Waals surface area contributed by atoms with Crippen molar-refractivity contribution in [1.29, 1.82) is 5.26 Å². The Morgan fingerprint density at radius 1 is 1.43 bits per heavy atom. The van der Waals surface area contributed by atoms with E-state index in [-0.39, 0.29) is 12.1 Å². The molecule has 0 fully saturated rings. The summed E-state index contributed by atoms with van der Waals surface area (Å²) in [7, 11) is 0. The maximum absolute atomic E-state index is 12.2. The topological polar surface area (TPSA) is 104 Å². The number of nitriles is 1. The van der Waals surface area contributed by atoms with Crippen molar-refractivity contribution in [2.24, 2.45) is 0 Å². The van der Waals surface area contributed by atoms with E-state index in [1.807, 2.05) is 0 Å². The van der Waals surface area contributed by atoms with Gasteiger partial charge in [-0.05, 0) is 20.8 Å². The highest BCUT2D eigenvalue weighted by Crippen LogP contribution is 2.26. The summed E-state index contributed by atoms with van der Waals surface area (Å²) in [5.74, 6) is 0. The number of nitrogens with zero attached hydrogens (tertiary/aromatic N) is 4. The van der Waals surface area contributed by atoms with Gasteiger partial charge in [-0.1, -0.05) is 0 Å². The number of fused-ring (bicyclic) bond motifs is 3. The van der Waals surface area contributed by atoms with E-state index < -0.39 is 11.7 Å². The van der Waals surface area contributed by atoms with Crippen LogP contribution in [0.25, 0.3) is 11.0 Å². The molecule has 1 aliphatic rings. The first kappa shape index (κ1) is 15.1. The second-order valence-corrected chi connectivity index (χ2v) is 6.42. The van der Waals surface area contributed by atoms with Gasteiger partial charge in [0.1, 0.15) is 28.3 Å². The zero-order chi connectivity index (χ0) is 16.8. The van der Waals surface area contributed by atoms with Crippen LogP contribution in [0.2, 0.25) is 0 Å². The molecule has 2 aromatic heterocycles. The van der Waals surface area contributed by atoms with Crippen LogP contribution in [0.4, 0.5) is 4.79 Å². The lowest BCUT2D eigenvalue weighted by molar-refractivity contribution is 0.0200. The van der Waals surface area contributed by atoms with Gasteiger partial charge in [-0.15, -0.1) is 0 Å². The van der Waals surface area contributed by atoms with Crippen molar-refractivity contribution < 1.29 is 9.53 Å². The van der Waals surface area contributed by atoms with E-state index >= 15 is 0 Å². The van der Waals surface area contributed by atoms with Crippen LogP contribution in [0.15, 0.2) is 11.1 Å². The van der Waals surface area contributed by atoms with Crippen LogP contribution in [0.3, 0.4) is 0 Å². The minimum Gasteiger partial charge on any atom is -0.444 e. The number of amides is 1. The normalized spacial score (nSPS) is 14.4. The molecule has 3 rings (SSSR count). The monoisotopic (exact) mass is 315 g/mol. The SMILES string of the molecule is CC(C)(C)OC(=O)N1CCn2c(c(C#N)c3nc[nH]c(=O)c32)C1. The maximum Gasteiger partial charge on any atom is 0.410 e. The molecule has 1 amide bonds. The third-order valence-electron chi connectivity index (χ3n) is 3.65. The molecule has 0 atom stereocenters. The number of aromatic nitrogens is 3. The standard InChI is InChI=1S/C15H17N5O3/c1-15(2,3)23-14(22)19-4-5-20-10(7-19)9(6-16)11-12(20)13(21)18-8-17-11/h8H,4-5,7H2,1-3H3,(H,17,18,21). The molecule has 2 aromatic rings. The molecule has 0 aliphatic carbocycles. The molecule has 8 nitrogen and oxygen atoms in total. The molecular formula is C15H17N5O3. The summed E-state index contributed by atoms with van der Waals surface area (Å²) in [5, 5.41) is 9.43. The number of aromatic amines is 1. The number of carbonyl (C=O) groups is 1. The highest BCUT2D eigenvalue weighted by Gasteiger charge is 2.30. The van der Waals surface area contributed by atoms with Crippen molar-refractivity contribution in [1.82, 2.24) is 19.4 Å². The second kappa shape index (κ2) is 5.12. The number of hydrogen-bond donors (Lipinski definition) is 1. The fourth-order valence-electron chi connectivity index (χ4n) is 2.72. The molecule has 0 saturated carbocycles. The van der Waals surface area contributed by atoms with Gasteiger partial charge in [0.15, 0.2) is 0 Å². The van der Waals surface area contributed by atoms with Gasteiger partial charge in [0.25, 0.3) is 5.56 Å². The minimum absolute atomic E-state index is 0.216. The summed E-state index contributed by atoms with van der Waals surface area (Å²) in [6.07, 6.45) is 0.850. The number of rotatable bonds is 0. The zero-order valence-electron chi connectivity index (χ0n) is 13.2. The van der Waals surface area contributed by atoms with E-state index in [1.54, 1.807) is 25.3 Å². The first-order valence-corrected chi connectivity index (χ1v) is 7.28. The lowest BCUT2D eigenvalue weighted by atomic mass is 10.2. The molecule has 3 heterocycles. The Morgan fingerprint density at radius 2 is 2.17 bits per heavy atom. The molecule has 1 N–H and O–H groups in total. The maximum atomic E-state index is 12.2. The summed E-state index contributed by atoms with van der Waals surface area (Å²) in [4.78, 5) is 32.5. The van der Waals surface area contributed by atoms with Crippen LogP contribution in [0, 0.1) is 11.3 Å². The van der Waals surface area contributed by atoms with E-state index in [0.29, 0.717) is 35.4 Å². The van der Waals surface area contributed by atoms with E-state index in [2.05, 4.69) is 16.0 Å². The van der Waals surface area contributed by atoms with Crippen molar-refractivity contribution >= 4 is 17.1 Å². The largest absolute Gasteiger partial charge is 0.444 e. The first-order valence-electron chi connectivity index (χ1n) is 7.28. The predicted octanol–water partition coefficient (Wildman–Crippen LogP) is 1.35. The Kier molecular flexibility index (Phi) is 3.36. The molecule has 0 spiro atoms. The molecule has 120 valence electrons. The predicted molar refractivity (Wildman–Crippen MR) is 81.7 cm³/mol. The van der Waals surface area contributed by atoms with Gasteiger partial charge in [0.05, 0.1) is 18.6 Å². The number of nitrogens with one attached hydrogen (secondary N) is 1. The fraction of sp³-hybridized carbons (Fsp3) is 0.467. The summed E-state index contributed by atoms with van der Waals surface area (Å²) in [5.41, 5.74) is 0.824. The van der Waals surface area contributed by atoms with Gasteiger partial charge >= 0.3 is 6.09 Å². The highest BCUT2D eigenvalue weighted by molar-refractivity contribution is 5.84. The average molecular weight is 315 g/mol. The molecule has 0 radical (unpaired) electrons. The van der Waals surface area contributed by atoms with E-state index in [1.165, 1.54) is 11.2 Å². The summed E-state index contributed by atoms with van der Waals surface area (Å²) < 4.78 is 7.14. The third-order valence-corrected chi connectivity index (χ3v) is 3.65. The Balaban J connectivity index is 2.03. The lowest BCUT2D eigenvalue weighted by Crippen LogP contribution is -2.41. The van der Waals surface area contributed by atoms with Crippen LogP contribution >= 0.6 is 0 Å².